The maximum Gasteiger partial charge on any atom is 0.410 e. The number of pyridine rings is 1. The van der Waals surface area contributed by atoms with Gasteiger partial charge in [0.15, 0.2) is 5.65 Å². The summed E-state index contributed by atoms with van der Waals surface area (Å²) in [5.41, 5.74) is 2.06. The lowest BCUT2D eigenvalue weighted by molar-refractivity contribution is 0.0240. The van der Waals surface area contributed by atoms with Gasteiger partial charge in [-0.1, -0.05) is 0 Å². The molecule has 2 aliphatic rings. The van der Waals surface area contributed by atoms with Crippen LogP contribution >= 0.6 is 0 Å². The summed E-state index contributed by atoms with van der Waals surface area (Å²) in [7, 11) is 0. The Morgan fingerprint density at radius 2 is 1.91 bits per heavy atom. The molecule has 9 heteroatoms. The van der Waals surface area contributed by atoms with Gasteiger partial charge in [-0.2, -0.15) is 5.26 Å². The number of nitriles is 1. The van der Waals surface area contributed by atoms with Gasteiger partial charge in [-0.25, -0.2) is 19.7 Å². The molecular weight excluding hydrogens is 418 g/mol. The Labute approximate surface area is 192 Å². The molecule has 170 valence electrons. The molecule has 3 aromatic rings. The molecule has 1 aliphatic carbocycles. The predicted molar refractivity (Wildman–Crippen MR) is 123 cm³/mol. The molecule has 33 heavy (non-hydrogen) atoms. The molecule has 0 atom stereocenters. The van der Waals surface area contributed by atoms with Crippen LogP contribution in [-0.4, -0.2) is 62.3 Å². The molecule has 4 heterocycles. The summed E-state index contributed by atoms with van der Waals surface area (Å²) >= 11 is 0. The standard InChI is InChI=1S/C24H27N7O2/c1-24(2,3)33-23(32)30-10-8-29(9-11-30)21-20-18(17-4-5-17)14-31(22(20)28-15-27-21)19-12-16(13-25)6-7-26-19/h6-7,12,14-15,17H,4-5,8-11H2,1-3H3. The second-order valence-corrected chi connectivity index (χ2v) is 9.59. The summed E-state index contributed by atoms with van der Waals surface area (Å²) in [6, 6.07) is 5.65. The van der Waals surface area contributed by atoms with Crippen molar-refractivity contribution in [2.45, 2.75) is 45.1 Å². The van der Waals surface area contributed by atoms with Crippen molar-refractivity contribution in [3.8, 4) is 11.9 Å². The Morgan fingerprint density at radius 1 is 1.15 bits per heavy atom. The van der Waals surface area contributed by atoms with Crippen molar-refractivity contribution in [2.75, 3.05) is 31.1 Å². The smallest absolute Gasteiger partial charge is 0.410 e. The third-order valence-electron chi connectivity index (χ3n) is 5.96. The largest absolute Gasteiger partial charge is 0.444 e. The molecule has 0 spiro atoms. The van der Waals surface area contributed by atoms with Crippen molar-refractivity contribution >= 4 is 22.9 Å². The van der Waals surface area contributed by atoms with E-state index >= 15 is 0 Å². The van der Waals surface area contributed by atoms with Crippen LogP contribution in [0.3, 0.4) is 0 Å². The van der Waals surface area contributed by atoms with E-state index in [1.165, 1.54) is 5.56 Å². The fraction of sp³-hybridized carbons (Fsp3) is 0.458. The van der Waals surface area contributed by atoms with E-state index in [4.69, 9.17) is 4.74 Å². The number of rotatable bonds is 3. The average molecular weight is 446 g/mol. The number of anilines is 1. The van der Waals surface area contributed by atoms with E-state index in [-0.39, 0.29) is 6.09 Å². The van der Waals surface area contributed by atoms with Gasteiger partial charge in [-0.3, -0.25) is 4.57 Å². The zero-order valence-electron chi connectivity index (χ0n) is 19.2. The van der Waals surface area contributed by atoms with Crippen LogP contribution in [0, 0.1) is 11.3 Å². The number of hydrogen-bond acceptors (Lipinski definition) is 7. The molecule has 9 nitrogen and oxygen atoms in total. The van der Waals surface area contributed by atoms with Crippen molar-refractivity contribution in [1.82, 2.24) is 24.4 Å². The van der Waals surface area contributed by atoms with E-state index < -0.39 is 5.60 Å². The predicted octanol–water partition coefficient (Wildman–Crippen LogP) is 3.62. The van der Waals surface area contributed by atoms with Gasteiger partial charge in [0.25, 0.3) is 0 Å². The number of ether oxygens (including phenoxy) is 1. The molecule has 1 amide bonds. The van der Waals surface area contributed by atoms with Crippen molar-refractivity contribution in [2.24, 2.45) is 0 Å². The van der Waals surface area contributed by atoms with Gasteiger partial charge in [0.05, 0.1) is 17.0 Å². The molecule has 0 aromatic carbocycles. The maximum atomic E-state index is 12.5. The van der Waals surface area contributed by atoms with Gasteiger partial charge >= 0.3 is 6.09 Å². The third kappa shape index (κ3) is 4.21. The average Bonchev–Trinajstić information content (AvgIpc) is 3.57. The highest BCUT2D eigenvalue weighted by Crippen LogP contribution is 2.46. The van der Waals surface area contributed by atoms with Crippen molar-refractivity contribution < 1.29 is 9.53 Å². The molecule has 0 unspecified atom stereocenters. The Bertz CT molecular complexity index is 1240. The van der Waals surface area contributed by atoms with Crippen LogP contribution in [-0.2, 0) is 4.74 Å². The minimum Gasteiger partial charge on any atom is -0.444 e. The molecule has 0 N–H and O–H groups in total. The topological polar surface area (TPSA) is 100 Å². The van der Waals surface area contributed by atoms with Gasteiger partial charge in [0.1, 0.15) is 23.6 Å². The molecule has 1 saturated carbocycles. The van der Waals surface area contributed by atoms with E-state index in [1.54, 1.807) is 29.6 Å². The zero-order chi connectivity index (χ0) is 23.2. The number of nitrogens with zero attached hydrogens (tertiary/aromatic N) is 7. The van der Waals surface area contributed by atoms with Crippen LogP contribution in [0.1, 0.15) is 50.7 Å². The molecule has 0 bridgehead atoms. The molecular formula is C24H27N7O2. The van der Waals surface area contributed by atoms with E-state index in [2.05, 4.69) is 32.1 Å². The van der Waals surface area contributed by atoms with Gasteiger partial charge in [0.2, 0.25) is 0 Å². The van der Waals surface area contributed by atoms with Crippen molar-refractivity contribution in [3.05, 3.63) is 42.0 Å². The highest BCUT2D eigenvalue weighted by atomic mass is 16.6. The van der Waals surface area contributed by atoms with Gasteiger partial charge in [-0.15, -0.1) is 0 Å². The Kier molecular flexibility index (Phi) is 5.16. The van der Waals surface area contributed by atoms with E-state index in [0.29, 0.717) is 43.5 Å². The van der Waals surface area contributed by atoms with Crippen LogP contribution in [0.4, 0.5) is 10.6 Å². The van der Waals surface area contributed by atoms with Gasteiger partial charge in [-0.05, 0) is 57.2 Å². The van der Waals surface area contributed by atoms with Crippen LogP contribution in [0.15, 0.2) is 30.9 Å². The Hall–Kier alpha value is -3.67. The summed E-state index contributed by atoms with van der Waals surface area (Å²) in [6.45, 7) is 8.13. The molecule has 3 aromatic heterocycles. The molecule has 0 radical (unpaired) electrons. The lowest BCUT2D eigenvalue weighted by Crippen LogP contribution is -2.50. The number of amides is 1. The lowest BCUT2D eigenvalue weighted by atomic mass is 10.1. The summed E-state index contributed by atoms with van der Waals surface area (Å²) in [4.78, 5) is 30.2. The molecule has 2 fully saturated rings. The first-order valence-electron chi connectivity index (χ1n) is 11.3. The summed E-state index contributed by atoms with van der Waals surface area (Å²) in [5, 5.41) is 10.3. The first kappa shape index (κ1) is 21.2. The minimum atomic E-state index is -0.508. The van der Waals surface area contributed by atoms with Crippen molar-refractivity contribution in [1.29, 1.82) is 5.26 Å². The van der Waals surface area contributed by atoms with Crippen LogP contribution < -0.4 is 4.90 Å². The lowest BCUT2D eigenvalue weighted by Gasteiger charge is -2.36. The normalized spacial score (nSPS) is 16.7. The summed E-state index contributed by atoms with van der Waals surface area (Å²) < 4.78 is 7.49. The zero-order valence-corrected chi connectivity index (χ0v) is 19.2. The quantitative estimate of drug-likeness (QED) is 0.607. The number of carbonyl (C=O) groups is 1. The second kappa shape index (κ2) is 8.03. The molecule has 1 aliphatic heterocycles. The van der Waals surface area contributed by atoms with E-state index in [1.807, 2.05) is 25.3 Å². The number of aromatic nitrogens is 4. The van der Waals surface area contributed by atoms with Crippen LogP contribution in [0.5, 0.6) is 0 Å². The van der Waals surface area contributed by atoms with E-state index in [0.717, 1.165) is 29.7 Å². The highest BCUT2D eigenvalue weighted by Gasteiger charge is 2.32. The third-order valence-corrected chi connectivity index (χ3v) is 5.96. The first-order valence-corrected chi connectivity index (χ1v) is 11.3. The maximum absolute atomic E-state index is 12.5. The summed E-state index contributed by atoms with van der Waals surface area (Å²) in [5.74, 6) is 2.05. The Balaban J connectivity index is 1.47. The SMILES string of the molecule is CC(C)(C)OC(=O)N1CCN(c2ncnc3c2c(C2CC2)cn3-c2cc(C#N)ccn2)CC1. The Morgan fingerprint density at radius 3 is 2.58 bits per heavy atom. The highest BCUT2D eigenvalue weighted by molar-refractivity contribution is 5.93. The monoisotopic (exact) mass is 445 g/mol. The first-order chi connectivity index (χ1) is 15.8. The molecule has 5 rings (SSSR count). The number of fused-ring (bicyclic) bond motifs is 1. The van der Waals surface area contributed by atoms with Crippen LogP contribution in [0.2, 0.25) is 0 Å². The fourth-order valence-electron chi connectivity index (χ4n) is 4.24. The second-order valence-electron chi connectivity index (χ2n) is 9.59. The van der Waals surface area contributed by atoms with Crippen molar-refractivity contribution in [3.63, 3.8) is 0 Å². The van der Waals surface area contributed by atoms with Crippen LogP contribution in [0.25, 0.3) is 16.9 Å². The number of hydrogen-bond donors (Lipinski definition) is 0. The van der Waals surface area contributed by atoms with Gasteiger partial charge < -0.3 is 14.5 Å². The number of carbonyl (C=O) groups excluding carboxylic acids is 1. The minimum absolute atomic E-state index is 0.275. The molecule has 1 saturated heterocycles. The van der Waals surface area contributed by atoms with Gasteiger partial charge in [0, 0.05) is 38.6 Å². The number of piperazine rings is 1. The summed E-state index contributed by atoms with van der Waals surface area (Å²) in [6.07, 6.45) is 7.34. The fourth-order valence-corrected chi connectivity index (χ4v) is 4.24. The van der Waals surface area contributed by atoms with E-state index in [9.17, 15) is 10.1 Å².